The molecule has 20 heavy (non-hydrogen) atoms. The Bertz CT molecular complexity index is 582. The molecule has 1 N–H and O–H groups in total. The molecule has 104 valence electrons. The number of ether oxygens (including phenoxy) is 2. The number of hydrogen-bond acceptors (Lipinski definition) is 3. The van der Waals surface area contributed by atoms with Crippen LogP contribution in [0.5, 0.6) is 11.5 Å². The fourth-order valence-corrected chi connectivity index (χ4v) is 1.81. The SMILES string of the molecule is CCOc1ccc(C(=O)Nc2ccccc2)cc1OC. The third-order valence-corrected chi connectivity index (χ3v) is 2.76. The Hall–Kier alpha value is -2.49. The maximum atomic E-state index is 12.1. The lowest BCUT2D eigenvalue weighted by Crippen LogP contribution is -2.12. The molecule has 4 nitrogen and oxygen atoms in total. The van der Waals surface area contributed by atoms with Gasteiger partial charge in [-0.1, -0.05) is 18.2 Å². The number of amides is 1. The summed E-state index contributed by atoms with van der Waals surface area (Å²) in [6, 6.07) is 14.4. The minimum absolute atomic E-state index is 0.183. The standard InChI is InChI=1S/C16H17NO3/c1-3-20-14-10-9-12(11-15(14)19-2)16(18)17-13-7-5-4-6-8-13/h4-11H,3H2,1-2H3,(H,17,18). The largest absolute Gasteiger partial charge is 0.493 e. The van der Waals surface area contributed by atoms with Crippen molar-refractivity contribution in [1.29, 1.82) is 0 Å². The average molecular weight is 271 g/mol. The second-order valence-electron chi connectivity index (χ2n) is 4.12. The van der Waals surface area contributed by atoms with Gasteiger partial charge in [0.05, 0.1) is 13.7 Å². The molecule has 0 fully saturated rings. The van der Waals surface area contributed by atoms with Crippen molar-refractivity contribution in [1.82, 2.24) is 0 Å². The van der Waals surface area contributed by atoms with E-state index in [1.54, 1.807) is 25.3 Å². The van der Waals surface area contributed by atoms with Crippen LogP contribution in [0.2, 0.25) is 0 Å². The summed E-state index contributed by atoms with van der Waals surface area (Å²) >= 11 is 0. The van der Waals surface area contributed by atoms with Crippen LogP contribution >= 0.6 is 0 Å². The van der Waals surface area contributed by atoms with Crippen molar-refractivity contribution < 1.29 is 14.3 Å². The molecule has 0 aliphatic heterocycles. The summed E-state index contributed by atoms with van der Waals surface area (Å²) in [6.07, 6.45) is 0. The van der Waals surface area contributed by atoms with Crippen LogP contribution in [0.3, 0.4) is 0 Å². The zero-order valence-corrected chi connectivity index (χ0v) is 11.6. The zero-order chi connectivity index (χ0) is 14.4. The van der Waals surface area contributed by atoms with Gasteiger partial charge in [-0.2, -0.15) is 0 Å². The van der Waals surface area contributed by atoms with Gasteiger partial charge in [0.2, 0.25) is 0 Å². The molecule has 4 heteroatoms. The van der Waals surface area contributed by atoms with Gasteiger partial charge >= 0.3 is 0 Å². The summed E-state index contributed by atoms with van der Waals surface area (Å²) < 4.78 is 10.7. The van der Waals surface area contributed by atoms with Crippen molar-refractivity contribution in [3.63, 3.8) is 0 Å². The van der Waals surface area contributed by atoms with E-state index in [0.717, 1.165) is 5.69 Å². The van der Waals surface area contributed by atoms with Crippen molar-refractivity contribution in [2.75, 3.05) is 19.0 Å². The fourth-order valence-electron chi connectivity index (χ4n) is 1.81. The Labute approximate surface area is 118 Å². The quantitative estimate of drug-likeness (QED) is 0.907. The molecule has 1 amide bonds. The first kappa shape index (κ1) is 13.9. The summed E-state index contributed by atoms with van der Waals surface area (Å²) in [7, 11) is 1.55. The second kappa shape index (κ2) is 6.61. The van der Waals surface area contributed by atoms with Gasteiger partial charge in [0.1, 0.15) is 0 Å². The van der Waals surface area contributed by atoms with Crippen LogP contribution in [0.25, 0.3) is 0 Å². The molecular weight excluding hydrogens is 254 g/mol. The van der Waals surface area contributed by atoms with Crippen LogP contribution in [-0.4, -0.2) is 19.6 Å². The van der Waals surface area contributed by atoms with E-state index in [1.165, 1.54) is 0 Å². The van der Waals surface area contributed by atoms with Gasteiger partial charge in [-0.25, -0.2) is 0 Å². The Balaban J connectivity index is 2.18. The lowest BCUT2D eigenvalue weighted by molar-refractivity contribution is 0.102. The first-order valence-corrected chi connectivity index (χ1v) is 6.42. The predicted octanol–water partition coefficient (Wildman–Crippen LogP) is 3.35. The van der Waals surface area contributed by atoms with E-state index >= 15 is 0 Å². The maximum Gasteiger partial charge on any atom is 0.255 e. The number of anilines is 1. The van der Waals surface area contributed by atoms with Gasteiger partial charge in [0.15, 0.2) is 11.5 Å². The molecule has 2 rings (SSSR count). The van der Waals surface area contributed by atoms with Gasteiger partial charge in [-0.15, -0.1) is 0 Å². The van der Waals surface area contributed by atoms with Crippen LogP contribution in [0, 0.1) is 0 Å². The molecule has 0 aliphatic rings. The molecule has 2 aromatic carbocycles. The second-order valence-corrected chi connectivity index (χ2v) is 4.12. The van der Waals surface area contributed by atoms with Crippen molar-refractivity contribution in [2.24, 2.45) is 0 Å². The number of carbonyl (C=O) groups is 1. The first-order valence-electron chi connectivity index (χ1n) is 6.42. The Kier molecular flexibility index (Phi) is 4.60. The summed E-state index contributed by atoms with van der Waals surface area (Å²) in [5.74, 6) is 0.997. The fraction of sp³-hybridized carbons (Fsp3) is 0.188. The Morgan fingerprint density at radius 1 is 1.10 bits per heavy atom. The highest BCUT2D eigenvalue weighted by Gasteiger charge is 2.11. The molecule has 0 radical (unpaired) electrons. The molecule has 0 aromatic heterocycles. The van der Waals surface area contributed by atoms with Crippen LogP contribution in [0.1, 0.15) is 17.3 Å². The number of hydrogen-bond donors (Lipinski definition) is 1. The highest BCUT2D eigenvalue weighted by atomic mass is 16.5. The Morgan fingerprint density at radius 3 is 2.50 bits per heavy atom. The van der Waals surface area contributed by atoms with E-state index in [-0.39, 0.29) is 5.91 Å². The van der Waals surface area contributed by atoms with E-state index in [4.69, 9.17) is 9.47 Å². The van der Waals surface area contributed by atoms with Crippen molar-refractivity contribution in [2.45, 2.75) is 6.92 Å². The summed E-state index contributed by atoms with van der Waals surface area (Å²) in [4.78, 5) is 12.1. The molecule has 0 spiro atoms. The van der Waals surface area contributed by atoms with E-state index in [9.17, 15) is 4.79 Å². The molecule has 0 aliphatic carbocycles. The van der Waals surface area contributed by atoms with Gasteiger partial charge in [-0.3, -0.25) is 4.79 Å². The molecule has 0 saturated carbocycles. The molecule has 0 atom stereocenters. The van der Waals surface area contributed by atoms with E-state index in [0.29, 0.717) is 23.7 Å². The number of nitrogens with one attached hydrogen (secondary N) is 1. The van der Waals surface area contributed by atoms with Crippen LogP contribution in [-0.2, 0) is 0 Å². The van der Waals surface area contributed by atoms with Crippen molar-refractivity contribution in [3.8, 4) is 11.5 Å². The lowest BCUT2D eigenvalue weighted by atomic mass is 10.2. The minimum Gasteiger partial charge on any atom is -0.493 e. The number of rotatable bonds is 5. The number of para-hydroxylation sites is 1. The predicted molar refractivity (Wildman–Crippen MR) is 78.6 cm³/mol. The first-order chi connectivity index (χ1) is 9.74. The molecule has 0 unspecified atom stereocenters. The van der Waals surface area contributed by atoms with Crippen LogP contribution in [0.15, 0.2) is 48.5 Å². The van der Waals surface area contributed by atoms with Gasteiger partial charge < -0.3 is 14.8 Å². The normalized spacial score (nSPS) is 9.90. The lowest BCUT2D eigenvalue weighted by Gasteiger charge is -2.11. The third kappa shape index (κ3) is 3.29. The monoisotopic (exact) mass is 271 g/mol. The topological polar surface area (TPSA) is 47.6 Å². The summed E-state index contributed by atoms with van der Waals surface area (Å²) in [5.41, 5.74) is 1.28. The van der Waals surface area contributed by atoms with E-state index in [1.807, 2.05) is 37.3 Å². The highest BCUT2D eigenvalue weighted by Crippen LogP contribution is 2.28. The smallest absolute Gasteiger partial charge is 0.255 e. The average Bonchev–Trinajstić information content (AvgIpc) is 2.49. The van der Waals surface area contributed by atoms with Crippen molar-refractivity contribution in [3.05, 3.63) is 54.1 Å². The van der Waals surface area contributed by atoms with Crippen molar-refractivity contribution >= 4 is 11.6 Å². The van der Waals surface area contributed by atoms with Crippen LogP contribution in [0.4, 0.5) is 5.69 Å². The van der Waals surface area contributed by atoms with Gasteiger partial charge in [0.25, 0.3) is 5.91 Å². The molecule has 0 heterocycles. The molecular formula is C16H17NO3. The van der Waals surface area contributed by atoms with Gasteiger partial charge in [-0.05, 0) is 37.3 Å². The zero-order valence-electron chi connectivity index (χ0n) is 11.6. The maximum absolute atomic E-state index is 12.1. The third-order valence-electron chi connectivity index (χ3n) is 2.76. The minimum atomic E-state index is -0.183. The summed E-state index contributed by atoms with van der Waals surface area (Å²) in [5, 5.41) is 2.83. The van der Waals surface area contributed by atoms with E-state index < -0.39 is 0 Å². The number of carbonyl (C=O) groups excluding carboxylic acids is 1. The highest BCUT2D eigenvalue weighted by molar-refractivity contribution is 6.04. The van der Waals surface area contributed by atoms with Gasteiger partial charge in [0, 0.05) is 11.3 Å². The Morgan fingerprint density at radius 2 is 1.85 bits per heavy atom. The number of methoxy groups -OCH3 is 1. The molecule has 0 bridgehead atoms. The summed E-state index contributed by atoms with van der Waals surface area (Å²) in [6.45, 7) is 2.45. The van der Waals surface area contributed by atoms with Crippen LogP contribution < -0.4 is 14.8 Å². The van der Waals surface area contributed by atoms with E-state index in [2.05, 4.69) is 5.32 Å². The molecule has 2 aromatic rings. The number of benzene rings is 2. The molecule has 0 saturated heterocycles.